The fourth-order valence-electron chi connectivity index (χ4n) is 3.06. The van der Waals surface area contributed by atoms with Crippen LogP contribution in [-0.2, 0) is 0 Å². The van der Waals surface area contributed by atoms with E-state index in [1.54, 1.807) is 19.4 Å². The van der Waals surface area contributed by atoms with Gasteiger partial charge in [-0.1, -0.05) is 17.7 Å². The zero-order valence-corrected chi connectivity index (χ0v) is 15.1. The van der Waals surface area contributed by atoms with Crippen LogP contribution < -0.4 is 15.4 Å². The number of hydrogen-bond donors (Lipinski definition) is 2. The van der Waals surface area contributed by atoms with Crippen LogP contribution in [0.1, 0.15) is 42.6 Å². The molecule has 136 valence electrons. The summed E-state index contributed by atoms with van der Waals surface area (Å²) in [6, 6.07) is 11.2. The van der Waals surface area contributed by atoms with Gasteiger partial charge in [-0.15, -0.1) is 0 Å². The number of ether oxygens (including phenoxy) is 1. The maximum Gasteiger partial charge on any atom is 0.269 e. The topological polar surface area (TPSA) is 63.2 Å². The van der Waals surface area contributed by atoms with E-state index in [0.717, 1.165) is 30.0 Å². The number of methoxy groups -OCH3 is 1. The predicted octanol–water partition coefficient (Wildman–Crippen LogP) is 4.45. The number of aromatic nitrogens is 1. The number of rotatable bonds is 7. The van der Waals surface area contributed by atoms with E-state index in [0.29, 0.717) is 12.2 Å². The quantitative estimate of drug-likeness (QED) is 0.723. The lowest BCUT2D eigenvalue weighted by atomic mass is 9.97. The van der Waals surface area contributed by atoms with Gasteiger partial charge in [0.25, 0.3) is 5.91 Å². The van der Waals surface area contributed by atoms with Crippen LogP contribution >= 0.6 is 0 Å². The Balaban J connectivity index is 1.57. The number of anilines is 2. The molecule has 0 unspecified atom stereocenters. The fraction of sp³-hybridized carbons (Fsp3) is 0.333. The van der Waals surface area contributed by atoms with E-state index in [2.05, 4.69) is 21.7 Å². The molecule has 1 aromatic carbocycles. The Morgan fingerprint density at radius 3 is 2.88 bits per heavy atom. The number of pyridine rings is 1. The van der Waals surface area contributed by atoms with Crippen LogP contribution in [0.3, 0.4) is 0 Å². The number of nitrogens with one attached hydrogen (secondary N) is 2. The van der Waals surface area contributed by atoms with Crippen LogP contribution in [0, 0.1) is 0 Å². The Bertz CT molecular complexity index is 786. The molecule has 1 aliphatic rings. The third kappa shape index (κ3) is 5.09. The molecule has 0 saturated heterocycles. The van der Waals surface area contributed by atoms with Crippen molar-refractivity contribution in [3.05, 3.63) is 59.9 Å². The maximum absolute atomic E-state index is 12.4. The molecule has 2 N–H and O–H groups in total. The summed E-state index contributed by atoms with van der Waals surface area (Å²) < 4.78 is 5.23. The molecule has 0 radical (unpaired) electrons. The molecule has 0 saturated carbocycles. The smallest absolute Gasteiger partial charge is 0.269 e. The van der Waals surface area contributed by atoms with Crippen LogP contribution in [0.4, 0.5) is 11.4 Å². The van der Waals surface area contributed by atoms with Gasteiger partial charge in [0.15, 0.2) is 0 Å². The molecule has 1 aliphatic carbocycles. The summed E-state index contributed by atoms with van der Waals surface area (Å²) in [5.41, 5.74) is 3.58. The molecule has 5 heteroatoms. The number of carbonyl (C=O) groups excluding carboxylic acids is 1. The molecule has 0 bridgehead atoms. The third-order valence-electron chi connectivity index (χ3n) is 4.47. The molecule has 1 heterocycles. The molecular weight excluding hydrogens is 326 g/mol. The lowest BCUT2D eigenvalue weighted by Gasteiger charge is -2.13. The van der Waals surface area contributed by atoms with Crippen LogP contribution in [-0.4, -0.2) is 24.5 Å². The Labute approximate surface area is 154 Å². The van der Waals surface area contributed by atoms with Gasteiger partial charge in [-0.05, 0) is 56.4 Å². The summed E-state index contributed by atoms with van der Waals surface area (Å²) >= 11 is 0. The first-order chi connectivity index (χ1) is 12.7. The predicted molar refractivity (Wildman–Crippen MR) is 104 cm³/mol. The SMILES string of the molecule is COc1cccc(Nc2ccnc(C(=O)NCCC3=CCCCC3)c2)c1. The summed E-state index contributed by atoms with van der Waals surface area (Å²) in [5.74, 6) is 0.634. The lowest BCUT2D eigenvalue weighted by molar-refractivity contribution is 0.0949. The third-order valence-corrected chi connectivity index (χ3v) is 4.47. The lowest BCUT2D eigenvalue weighted by Crippen LogP contribution is -2.25. The zero-order chi connectivity index (χ0) is 18.2. The first-order valence-electron chi connectivity index (χ1n) is 9.08. The minimum Gasteiger partial charge on any atom is -0.497 e. The highest BCUT2D eigenvalue weighted by molar-refractivity contribution is 5.93. The Kier molecular flexibility index (Phi) is 6.25. The van der Waals surface area contributed by atoms with Gasteiger partial charge in [0.2, 0.25) is 0 Å². The number of carbonyl (C=O) groups is 1. The average molecular weight is 351 g/mol. The second-order valence-electron chi connectivity index (χ2n) is 6.40. The van der Waals surface area contributed by atoms with Crippen molar-refractivity contribution in [3.63, 3.8) is 0 Å². The first kappa shape index (κ1) is 18.0. The summed E-state index contributed by atoms with van der Waals surface area (Å²) in [7, 11) is 1.64. The van der Waals surface area contributed by atoms with Crippen LogP contribution in [0.15, 0.2) is 54.2 Å². The van der Waals surface area contributed by atoms with Crippen LogP contribution in [0.25, 0.3) is 0 Å². The number of hydrogen-bond acceptors (Lipinski definition) is 4. The number of amides is 1. The van der Waals surface area contributed by atoms with Crippen molar-refractivity contribution in [3.8, 4) is 5.75 Å². The fourth-order valence-corrected chi connectivity index (χ4v) is 3.06. The molecule has 0 atom stereocenters. The van der Waals surface area contributed by atoms with Crippen molar-refractivity contribution in [1.29, 1.82) is 0 Å². The largest absolute Gasteiger partial charge is 0.497 e. The van der Waals surface area contributed by atoms with Gasteiger partial charge in [-0.3, -0.25) is 9.78 Å². The summed E-state index contributed by atoms with van der Waals surface area (Å²) in [4.78, 5) is 16.5. The van der Waals surface area contributed by atoms with Gasteiger partial charge in [0.1, 0.15) is 11.4 Å². The highest BCUT2D eigenvalue weighted by Crippen LogP contribution is 2.22. The number of allylic oxidation sites excluding steroid dienone is 1. The van der Waals surface area contributed by atoms with E-state index >= 15 is 0 Å². The Hall–Kier alpha value is -2.82. The van der Waals surface area contributed by atoms with Gasteiger partial charge in [0.05, 0.1) is 7.11 Å². The summed E-state index contributed by atoms with van der Waals surface area (Å²) in [6.07, 6.45) is 9.75. The van der Waals surface area contributed by atoms with E-state index in [1.165, 1.54) is 24.8 Å². The molecule has 0 fully saturated rings. The van der Waals surface area contributed by atoms with Crippen molar-refractivity contribution in [2.75, 3.05) is 19.0 Å². The maximum atomic E-state index is 12.4. The molecule has 5 nitrogen and oxygen atoms in total. The van der Waals surface area contributed by atoms with Gasteiger partial charge in [-0.2, -0.15) is 0 Å². The molecule has 0 aliphatic heterocycles. The molecule has 3 rings (SSSR count). The van der Waals surface area contributed by atoms with Crippen molar-refractivity contribution in [1.82, 2.24) is 10.3 Å². The molecule has 1 aromatic heterocycles. The van der Waals surface area contributed by atoms with Gasteiger partial charge < -0.3 is 15.4 Å². The minimum absolute atomic E-state index is 0.143. The van der Waals surface area contributed by atoms with Gasteiger partial charge in [0, 0.05) is 30.2 Å². The van der Waals surface area contributed by atoms with E-state index in [-0.39, 0.29) is 5.91 Å². The highest BCUT2D eigenvalue weighted by Gasteiger charge is 2.09. The van der Waals surface area contributed by atoms with E-state index in [1.807, 2.05) is 30.3 Å². The van der Waals surface area contributed by atoms with E-state index in [4.69, 9.17) is 4.74 Å². The normalized spacial score (nSPS) is 13.7. The minimum atomic E-state index is -0.143. The zero-order valence-electron chi connectivity index (χ0n) is 15.1. The molecule has 26 heavy (non-hydrogen) atoms. The highest BCUT2D eigenvalue weighted by atomic mass is 16.5. The molecular formula is C21H25N3O2. The Morgan fingerprint density at radius 1 is 1.19 bits per heavy atom. The van der Waals surface area contributed by atoms with Crippen LogP contribution in [0.2, 0.25) is 0 Å². The van der Waals surface area contributed by atoms with Gasteiger partial charge in [-0.25, -0.2) is 0 Å². The van der Waals surface area contributed by atoms with E-state index in [9.17, 15) is 4.79 Å². The van der Waals surface area contributed by atoms with Crippen LogP contribution in [0.5, 0.6) is 5.75 Å². The average Bonchev–Trinajstić information content (AvgIpc) is 2.69. The number of nitrogens with zero attached hydrogens (tertiary/aromatic N) is 1. The monoisotopic (exact) mass is 351 g/mol. The Morgan fingerprint density at radius 2 is 2.08 bits per heavy atom. The molecule has 2 aromatic rings. The molecule has 0 spiro atoms. The standard InChI is InChI=1S/C21H25N3O2/c1-26-19-9-5-8-17(14-19)24-18-11-13-22-20(15-18)21(25)23-12-10-16-6-3-2-4-7-16/h5-6,8-9,11,13-15H,2-4,7,10,12H2,1H3,(H,22,24)(H,23,25). The van der Waals surface area contributed by atoms with Crippen molar-refractivity contribution in [2.45, 2.75) is 32.1 Å². The summed E-state index contributed by atoms with van der Waals surface area (Å²) in [5, 5.41) is 6.24. The van der Waals surface area contributed by atoms with E-state index < -0.39 is 0 Å². The number of benzene rings is 1. The van der Waals surface area contributed by atoms with Gasteiger partial charge >= 0.3 is 0 Å². The molecule has 1 amide bonds. The van der Waals surface area contributed by atoms with Crippen molar-refractivity contribution < 1.29 is 9.53 Å². The van der Waals surface area contributed by atoms with Crippen molar-refractivity contribution in [2.24, 2.45) is 0 Å². The second-order valence-corrected chi connectivity index (χ2v) is 6.40. The second kappa shape index (κ2) is 9.04. The first-order valence-corrected chi connectivity index (χ1v) is 9.08. The summed E-state index contributed by atoms with van der Waals surface area (Å²) in [6.45, 7) is 0.653. The van der Waals surface area contributed by atoms with Crippen molar-refractivity contribution >= 4 is 17.3 Å².